The number of alkyl halides is 3. The molecule has 35 heavy (non-hydrogen) atoms. The van der Waals surface area contributed by atoms with Gasteiger partial charge in [0.2, 0.25) is 0 Å². The molecule has 1 N–H and O–H groups in total. The minimum Gasteiger partial charge on any atom is -0.488 e. The summed E-state index contributed by atoms with van der Waals surface area (Å²) in [6.07, 6.45) is 0.426. The number of rotatable bonds is 9. The first kappa shape index (κ1) is 24.8. The molecule has 0 radical (unpaired) electrons. The van der Waals surface area contributed by atoms with Crippen LogP contribution in [0.2, 0.25) is 0 Å². The number of thiazole rings is 1. The van der Waals surface area contributed by atoms with E-state index in [2.05, 4.69) is 11.9 Å². The molecule has 184 valence electrons. The molecule has 0 aliphatic rings. The second-order valence-electron chi connectivity index (χ2n) is 8.35. The van der Waals surface area contributed by atoms with Crippen molar-refractivity contribution < 1.29 is 27.8 Å². The lowest BCUT2D eigenvalue weighted by Gasteiger charge is -2.07. The van der Waals surface area contributed by atoms with Gasteiger partial charge in [-0.25, -0.2) is 4.98 Å². The van der Waals surface area contributed by atoms with Gasteiger partial charge in [0, 0.05) is 22.7 Å². The van der Waals surface area contributed by atoms with Crippen molar-refractivity contribution in [1.82, 2.24) is 9.55 Å². The van der Waals surface area contributed by atoms with Crippen LogP contribution in [0, 0.1) is 6.92 Å². The molecule has 0 fully saturated rings. The van der Waals surface area contributed by atoms with Crippen LogP contribution in [0.3, 0.4) is 0 Å². The summed E-state index contributed by atoms with van der Waals surface area (Å²) in [5.41, 5.74) is 2.64. The summed E-state index contributed by atoms with van der Waals surface area (Å²) < 4.78 is 46.3. The number of carboxylic acid groups (broad SMARTS) is 1. The smallest absolute Gasteiger partial charge is 0.416 e. The highest BCUT2D eigenvalue weighted by Crippen LogP contribution is 2.34. The fourth-order valence-corrected chi connectivity index (χ4v) is 4.90. The summed E-state index contributed by atoms with van der Waals surface area (Å²) in [7, 11) is 0. The third-order valence-corrected chi connectivity index (χ3v) is 6.94. The van der Waals surface area contributed by atoms with Gasteiger partial charge in [-0.3, -0.25) is 4.79 Å². The van der Waals surface area contributed by atoms with Crippen molar-refractivity contribution in [3.8, 4) is 16.3 Å². The minimum absolute atomic E-state index is 0.102. The van der Waals surface area contributed by atoms with E-state index in [9.17, 15) is 23.1 Å². The van der Waals surface area contributed by atoms with E-state index in [-0.39, 0.29) is 13.2 Å². The van der Waals surface area contributed by atoms with Gasteiger partial charge in [0.25, 0.3) is 0 Å². The molecule has 0 bridgehead atoms. The molecule has 0 atom stereocenters. The van der Waals surface area contributed by atoms with E-state index < -0.39 is 17.7 Å². The molecule has 0 saturated heterocycles. The molecule has 9 heteroatoms. The zero-order valence-electron chi connectivity index (χ0n) is 19.4. The van der Waals surface area contributed by atoms with Crippen LogP contribution < -0.4 is 4.74 Å². The number of hydrogen-bond acceptors (Lipinski definition) is 4. The van der Waals surface area contributed by atoms with Crippen LogP contribution in [0.1, 0.15) is 41.5 Å². The number of carboxylic acids is 1. The summed E-state index contributed by atoms with van der Waals surface area (Å²) in [4.78, 5) is 16.7. The van der Waals surface area contributed by atoms with Gasteiger partial charge in [-0.05, 0) is 55.7 Å². The van der Waals surface area contributed by atoms with E-state index in [1.165, 1.54) is 23.5 Å². The van der Waals surface area contributed by atoms with Gasteiger partial charge < -0.3 is 14.4 Å². The zero-order valence-corrected chi connectivity index (χ0v) is 20.2. The summed E-state index contributed by atoms with van der Waals surface area (Å²) in [5.74, 6) is -0.235. The van der Waals surface area contributed by atoms with Crippen LogP contribution in [0.5, 0.6) is 5.75 Å². The molecule has 0 aliphatic heterocycles. The van der Waals surface area contributed by atoms with E-state index >= 15 is 0 Å². The number of aryl methyl sites for hydroxylation is 2. The van der Waals surface area contributed by atoms with Crippen molar-refractivity contribution in [2.75, 3.05) is 0 Å². The SMILES string of the molecule is CCCCc1cn(CC(=O)O)c2ccc(OCc3sc(-c4ccc(C(F)(F)F)cc4)nc3C)cc12. The van der Waals surface area contributed by atoms with Gasteiger partial charge in [-0.2, -0.15) is 13.2 Å². The Balaban J connectivity index is 1.53. The number of hydrogen-bond donors (Lipinski definition) is 1. The number of ether oxygens (including phenoxy) is 1. The highest BCUT2D eigenvalue weighted by atomic mass is 32.1. The lowest BCUT2D eigenvalue weighted by atomic mass is 10.1. The number of fused-ring (bicyclic) bond motifs is 1. The minimum atomic E-state index is -4.37. The molecule has 2 aromatic carbocycles. The predicted molar refractivity (Wildman–Crippen MR) is 130 cm³/mol. The van der Waals surface area contributed by atoms with Gasteiger partial charge in [0.05, 0.1) is 16.1 Å². The molecule has 0 unspecified atom stereocenters. The standard InChI is InChI=1S/C26H25F3N2O3S/c1-3-4-5-18-13-31(14-24(32)33)22-11-10-20(12-21(18)22)34-15-23-16(2)30-25(35-23)17-6-8-19(9-7-17)26(27,28)29/h6-13H,3-5,14-15H2,1-2H3,(H,32,33). The first-order valence-corrected chi connectivity index (χ1v) is 12.1. The van der Waals surface area contributed by atoms with Gasteiger partial charge in [0.1, 0.15) is 23.9 Å². The van der Waals surface area contributed by atoms with Crippen molar-refractivity contribution in [3.63, 3.8) is 0 Å². The lowest BCUT2D eigenvalue weighted by Crippen LogP contribution is -2.07. The van der Waals surface area contributed by atoms with Gasteiger partial charge in [-0.1, -0.05) is 25.5 Å². The number of aromatic nitrogens is 2. The molecular formula is C26H25F3N2O3S. The molecule has 2 heterocycles. The number of nitrogens with zero attached hydrogens (tertiary/aromatic N) is 2. The molecule has 0 amide bonds. The predicted octanol–water partition coefficient (Wildman–Crippen LogP) is 7.10. The van der Waals surface area contributed by atoms with Crippen LogP contribution in [0.25, 0.3) is 21.5 Å². The number of carbonyl (C=O) groups is 1. The lowest BCUT2D eigenvalue weighted by molar-refractivity contribution is -0.138. The summed E-state index contributed by atoms with van der Waals surface area (Å²) in [5, 5.41) is 10.8. The maximum atomic E-state index is 12.8. The Labute approximate surface area is 204 Å². The highest BCUT2D eigenvalue weighted by Gasteiger charge is 2.30. The summed E-state index contributed by atoms with van der Waals surface area (Å²) in [6, 6.07) is 10.6. The third kappa shape index (κ3) is 5.67. The number of halogens is 3. The van der Waals surface area contributed by atoms with Gasteiger partial charge >= 0.3 is 12.1 Å². The Hall–Kier alpha value is -3.33. The van der Waals surface area contributed by atoms with Crippen LogP contribution in [0.15, 0.2) is 48.7 Å². The van der Waals surface area contributed by atoms with Crippen molar-refractivity contribution in [3.05, 3.63) is 70.4 Å². The maximum Gasteiger partial charge on any atom is 0.416 e. The third-order valence-electron chi connectivity index (χ3n) is 5.76. The maximum absolute atomic E-state index is 12.8. The number of aliphatic carboxylic acids is 1. The topological polar surface area (TPSA) is 64.4 Å². The number of benzene rings is 2. The Bertz CT molecular complexity index is 1340. The van der Waals surface area contributed by atoms with Crippen molar-refractivity contribution >= 4 is 28.2 Å². The van der Waals surface area contributed by atoms with E-state index in [0.29, 0.717) is 16.3 Å². The highest BCUT2D eigenvalue weighted by molar-refractivity contribution is 7.15. The van der Waals surface area contributed by atoms with Gasteiger partial charge in [0.15, 0.2) is 0 Å². The van der Waals surface area contributed by atoms with Crippen molar-refractivity contribution in [2.24, 2.45) is 0 Å². The first-order chi connectivity index (χ1) is 16.7. The average Bonchev–Trinajstić information content (AvgIpc) is 3.35. The zero-order chi connectivity index (χ0) is 25.2. The number of unbranched alkanes of at least 4 members (excludes halogenated alkanes) is 1. The summed E-state index contributed by atoms with van der Waals surface area (Å²) in [6.45, 7) is 4.13. The Kier molecular flexibility index (Phi) is 7.16. The molecule has 5 nitrogen and oxygen atoms in total. The molecule has 0 spiro atoms. The quantitative estimate of drug-likeness (QED) is 0.265. The van der Waals surface area contributed by atoms with Crippen LogP contribution in [-0.2, 0) is 30.5 Å². The van der Waals surface area contributed by atoms with Crippen molar-refractivity contribution in [2.45, 2.75) is 52.4 Å². The normalized spacial score (nSPS) is 11.8. The summed E-state index contributed by atoms with van der Waals surface area (Å²) >= 11 is 1.39. The second kappa shape index (κ2) is 10.1. The van der Waals surface area contributed by atoms with E-state index in [1.54, 1.807) is 4.57 Å². The van der Waals surface area contributed by atoms with Crippen molar-refractivity contribution in [1.29, 1.82) is 0 Å². The Morgan fingerprint density at radius 1 is 1.17 bits per heavy atom. The van der Waals surface area contributed by atoms with E-state index in [0.717, 1.165) is 58.4 Å². The van der Waals surface area contributed by atoms with Crippen LogP contribution in [-0.4, -0.2) is 20.6 Å². The molecule has 0 aliphatic carbocycles. The Morgan fingerprint density at radius 3 is 2.57 bits per heavy atom. The first-order valence-electron chi connectivity index (χ1n) is 11.3. The van der Waals surface area contributed by atoms with Crippen LogP contribution in [0.4, 0.5) is 13.2 Å². The fourth-order valence-electron chi connectivity index (χ4n) is 3.92. The monoisotopic (exact) mass is 502 g/mol. The van der Waals surface area contributed by atoms with Gasteiger partial charge in [-0.15, -0.1) is 11.3 Å². The van der Waals surface area contributed by atoms with E-state index in [1.807, 2.05) is 31.3 Å². The molecule has 0 saturated carbocycles. The molecule has 4 aromatic rings. The molecule has 2 aromatic heterocycles. The molecular weight excluding hydrogens is 477 g/mol. The fraction of sp³-hybridized carbons (Fsp3) is 0.308. The average molecular weight is 503 g/mol. The van der Waals surface area contributed by atoms with E-state index in [4.69, 9.17) is 4.74 Å². The largest absolute Gasteiger partial charge is 0.488 e. The Morgan fingerprint density at radius 2 is 1.91 bits per heavy atom. The second-order valence-corrected chi connectivity index (χ2v) is 9.43. The molecule has 4 rings (SSSR count). The van der Waals surface area contributed by atoms with Crippen LogP contribution >= 0.6 is 11.3 Å².